The molecule has 23 heavy (non-hydrogen) atoms. The monoisotopic (exact) mass is 313 g/mol. The molecule has 0 aliphatic rings. The highest BCUT2D eigenvalue weighted by Crippen LogP contribution is 2.36. The maximum Gasteiger partial charge on any atom is 0.229 e. The number of benzene rings is 2. The lowest BCUT2D eigenvalue weighted by Gasteiger charge is -2.23. The Morgan fingerprint density at radius 2 is 1.74 bits per heavy atom. The summed E-state index contributed by atoms with van der Waals surface area (Å²) in [6.45, 7) is 5.53. The number of hydrogen-bond donors (Lipinski definition) is 2. The van der Waals surface area contributed by atoms with E-state index in [4.69, 9.17) is 4.74 Å². The van der Waals surface area contributed by atoms with Crippen LogP contribution in [0.1, 0.15) is 38.0 Å². The van der Waals surface area contributed by atoms with Crippen LogP contribution in [0.25, 0.3) is 0 Å². The van der Waals surface area contributed by atoms with E-state index >= 15 is 0 Å². The van der Waals surface area contributed by atoms with Crippen molar-refractivity contribution in [3.8, 4) is 5.75 Å². The van der Waals surface area contributed by atoms with Gasteiger partial charge in [-0.3, -0.25) is 4.79 Å². The van der Waals surface area contributed by atoms with Gasteiger partial charge in [0, 0.05) is 5.41 Å². The molecule has 4 heteroatoms. The highest BCUT2D eigenvalue weighted by molar-refractivity contribution is 5.95. The van der Waals surface area contributed by atoms with E-state index in [1.165, 1.54) is 0 Å². The van der Waals surface area contributed by atoms with Crippen molar-refractivity contribution in [3.63, 3.8) is 0 Å². The zero-order chi connectivity index (χ0) is 17.0. The van der Waals surface area contributed by atoms with Gasteiger partial charge in [0.1, 0.15) is 11.9 Å². The van der Waals surface area contributed by atoms with Gasteiger partial charge in [-0.1, -0.05) is 57.2 Å². The van der Waals surface area contributed by atoms with E-state index in [9.17, 15) is 9.90 Å². The number of nitrogens with one attached hydrogen (secondary N) is 1. The Morgan fingerprint density at radius 3 is 2.30 bits per heavy atom. The van der Waals surface area contributed by atoms with Crippen molar-refractivity contribution in [1.29, 1.82) is 0 Å². The highest BCUT2D eigenvalue weighted by atomic mass is 16.5. The summed E-state index contributed by atoms with van der Waals surface area (Å²) in [7, 11) is 1.55. The molecule has 0 aliphatic heterocycles. The van der Waals surface area contributed by atoms with Gasteiger partial charge in [-0.2, -0.15) is 0 Å². The van der Waals surface area contributed by atoms with Crippen molar-refractivity contribution in [3.05, 3.63) is 59.7 Å². The minimum Gasteiger partial charge on any atom is -0.496 e. The van der Waals surface area contributed by atoms with Crippen LogP contribution in [0.4, 0.5) is 5.69 Å². The Bertz CT molecular complexity index is 675. The molecule has 0 aliphatic carbocycles. The first kappa shape index (κ1) is 17.0. The van der Waals surface area contributed by atoms with Crippen molar-refractivity contribution >= 4 is 11.6 Å². The summed E-state index contributed by atoms with van der Waals surface area (Å²) in [5, 5.41) is 13.7. The van der Waals surface area contributed by atoms with Crippen LogP contribution in [0.15, 0.2) is 48.5 Å². The number of anilines is 1. The zero-order valence-corrected chi connectivity index (χ0v) is 14.0. The first-order chi connectivity index (χ1) is 10.8. The smallest absolute Gasteiger partial charge is 0.229 e. The molecule has 2 aromatic carbocycles. The lowest BCUT2D eigenvalue weighted by atomic mass is 9.94. The highest BCUT2D eigenvalue weighted by Gasteiger charge is 2.25. The molecule has 0 bridgehead atoms. The summed E-state index contributed by atoms with van der Waals surface area (Å²) in [4.78, 5) is 12.3. The molecule has 0 aromatic heterocycles. The van der Waals surface area contributed by atoms with Crippen molar-refractivity contribution in [2.75, 3.05) is 12.4 Å². The van der Waals surface area contributed by atoms with Gasteiger partial charge in [-0.15, -0.1) is 0 Å². The predicted octanol–water partition coefficient (Wildman–Crippen LogP) is 3.76. The van der Waals surface area contributed by atoms with E-state index in [2.05, 4.69) is 5.32 Å². The fourth-order valence-corrected chi connectivity index (χ4v) is 2.22. The maximum absolute atomic E-state index is 12.3. The molecular weight excluding hydrogens is 290 g/mol. The second-order valence-corrected chi connectivity index (χ2v) is 6.44. The number of rotatable bonds is 4. The fraction of sp³-hybridized carbons (Fsp3) is 0.316. The Morgan fingerprint density at radius 1 is 1.09 bits per heavy atom. The lowest BCUT2D eigenvalue weighted by molar-refractivity contribution is -0.123. The lowest BCUT2D eigenvalue weighted by Crippen LogP contribution is -2.28. The molecule has 0 fully saturated rings. The summed E-state index contributed by atoms with van der Waals surface area (Å²) in [5.74, 6) is 0.417. The number of hydrogen-bond acceptors (Lipinski definition) is 3. The number of aliphatic hydroxyl groups excluding tert-OH is 1. The third-order valence-corrected chi connectivity index (χ3v) is 3.60. The van der Waals surface area contributed by atoms with Crippen molar-refractivity contribution in [2.45, 2.75) is 26.9 Å². The quantitative estimate of drug-likeness (QED) is 0.903. The Kier molecular flexibility index (Phi) is 5.06. The van der Waals surface area contributed by atoms with Crippen molar-refractivity contribution in [2.24, 2.45) is 5.41 Å². The molecule has 2 N–H and O–H groups in total. The van der Waals surface area contributed by atoms with Gasteiger partial charge in [-0.05, 0) is 17.7 Å². The predicted molar refractivity (Wildman–Crippen MR) is 91.6 cm³/mol. The van der Waals surface area contributed by atoms with E-state index in [1.54, 1.807) is 25.3 Å². The van der Waals surface area contributed by atoms with Crippen LogP contribution in [0.2, 0.25) is 0 Å². The van der Waals surface area contributed by atoms with Gasteiger partial charge >= 0.3 is 0 Å². The largest absolute Gasteiger partial charge is 0.496 e. The molecule has 2 aromatic rings. The Balaban J connectivity index is 2.46. The standard InChI is InChI=1S/C19H23NO3/c1-19(2,3)18(22)20-14-11-8-12-15(23-4)16(14)17(21)13-9-6-5-7-10-13/h5-12,17,21H,1-4H3,(H,20,22). The molecule has 0 heterocycles. The van der Waals surface area contributed by atoms with Gasteiger partial charge in [-0.25, -0.2) is 0 Å². The summed E-state index contributed by atoms with van der Waals surface area (Å²) in [6, 6.07) is 14.6. The Labute approximate surface area is 137 Å². The minimum absolute atomic E-state index is 0.118. The van der Waals surface area contributed by atoms with E-state index in [0.717, 1.165) is 5.56 Å². The average molecular weight is 313 g/mol. The molecule has 2 rings (SSSR count). The number of carbonyl (C=O) groups excluding carboxylic acids is 1. The number of methoxy groups -OCH3 is 1. The first-order valence-corrected chi connectivity index (χ1v) is 7.56. The van der Waals surface area contributed by atoms with E-state index in [0.29, 0.717) is 17.0 Å². The van der Waals surface area contributed by atoms with Gasteiger partial charge in [0.25, 0.3) is 0 Å². The van der Waals surface area contributed by atoms with Crippen LogP contribution in [-0.2, 0) is 4.79 Å². The van der Waals surface area contributed by atoms with Gasteiger partial charge in [0.05, 0.1) is 18.4 Å². The number of amides is 1. The molecular formula is C19H23NO3. The van der Waals surface area contributed by atoms with E-state index in [1.807, 2.05) is 51.1 Å². The van der Waals surface area contributed by atoms with Gasteiger partial charge in [0.15, 0.2) is 0 Å². The van der Waals surface area contributed by atoms with Crippen LogP contribution >= 0.6 is 0 Å². The second kappa shape index (κ2) is 6.84. The number of carbonyl (C=O) groups is 1. The molecule has 4 nitrogen and oxygen atoms in total. The molecule has 0 saturated heterocycles. The van der Waals surface area contributed by atoms with Crippen LogP contribution in [0.3, 0.4) is 0 Å². The fourth-order valence-electron chi connectivity index (χ4n) is 2.22. The molecule has 122 valence electrons. The van der Waals surface area contributed by atoms with Crippen molar-refractivity contribution in [1.82, 2.24) is 0 Å². The van der Waals surface area contributed by atoms with Crippen LogP contribution in [0, 0.1) is 5.41 Å². The van der Waals surface area contributed by atoms with E-state index in [-0.39, 0.29) is 5.91 Å². The summed E-state index contributed by atoms with van der Waals surface area (Å²) in [6.07, 6.45) is -0.886. The number of aliphatic hydroxyl groups is 1. The van der Waals surface area contributed by atoms with Gasteiger partial charge < -0.3 is 15.2 Å². The summed E-state index contributed by atoms with van der Waals surface area (Å²) >= 11 is 0. The zero-order valence-electron chi connectivity index (χ0n) is 14.0. The van der Waals surface area contributed by atoms with Gasteiger partial charge in [0.2, 0.25) is 5.91 Å². The third-order valence-electron chi connectivity index (χ3n) is 3.60. The minimum atomic E-state index is -0.886. The molecule has 1 atom stereocenters. The van der Waals surface area contributed by atoms with Crippen LogP contribution in [0.5, 0.6) is 5.75 Å². The third kappa shape index (κ3) is 3.90. The van der Waals surface area contributed by atoms with Crippen LogP contribution in [-0.4, -0.2) is 18.1 Å². The SMILES string of the molecule is COc1cccc(NC(=O)C(C)(C)C)c1C(O)c1ccccc1. The van der Waals surface area contributed by atoms with Crippen LogP contribution < -0.4 is 10.1 Å². The molecule has 0 radical (unpaired) electrons. The molecule has 0 spiro atoms. The molecule has 0 saturated carbocycles. The number of ether oxygens (including phenoxy) is 1. The summed E-state index contributed by atoms with van der Waals surface area (Å²) in [5.41, 5.74) is 1.32. The van der Waals surface area contributed by atoms with E-state index < -0.39 is 11.5 Å². The summed E-state index contributed by atoms with van der Waals surface area (Å²) < 4.78 is 5.38. The van der Waals surface area contributed by atoms with Crippen molar-refractivity contribution < 1.29 is 14.6 Å². The maximum atomic E-state index is 12.3. The normalized spacial score (nSPS) is 12.6. The molecule has 1 amide bonds. The second-order valence-electron chi connectivity index (χ2n) is 6.44. The molecule has 1 unspecified atom stereocenters. The average Bonchev–Trinajstić information content (AvgIpc) is 2.54. The first-order valence-electron chi connectivity index (χ1n) is 7.56. The topological polar surface area (TPSA) is 58.6 Å². The Hall–Kier alpha value is -2.33.